The van der Waals surface area contributed by atoms with Crippen molar-refractivity contribution >= 4 is 29.4 Å². The smallest absolute Gasteiger partial charge is 0.357 e. The van der Waals surface area contributed by atoms with Crippen LogP contribution in [0.4, 0.5) is 5.69 Å². The second kappa shape index (κ2) is 6.19. The molecule has 0 unspecified atom stereocenters. The number of rotatable bonds is 4. The van der Waals surface area contributed by atoms with Crippen LogP contribution in [0, 0.1) is 0 Å². The molecule has 1 aliphatic heterocycles. The van der Waals surface area contributed by atoms with E-state index in [0.717, 1.165) is 4.90 Å². The van der Waals surface area contributed by atoms with E-state index in [1.807, 2.05) is 0 Å². The molecule has 0 atom stereocenters. The Bertz CT molecular complexity index is 901. The maximum absolute atomic E-state index is 12.7. The molecule has 1 N–H and O–H groups in total. The predicted octanol–water partition coefficient (Wildman–Crippen LogP) is 1.17. The number of methoxy groups -OCH3 is 1. The van der Waals surface area contributed by atoms with Gasteiger partial charge in [0.25, 0.3) is 11.8 Å². The Balaban J connectivity index is 2.08. The molecular weight excluding hydrogens is 330 g/mol. The summed E-state index contributed by atoms with van der Waals surface area (Å²) in [7, 11) is 1.19. The lowest BCUT2D eigenvalue weighted by molar-refractivity contribution is 0.0515. The summed E-state index contributed by atoms with van der Waals surface area (Å²) in [4.78, 5) is 50.0. The molecule has 25 heavy (non-hydrogen) atoms. The molecule has 0 radical (unpaired) electrons. The summed E-state index contributed by atoms with van der Waals surface area (Å²) in [6.45, 7) is 1.71. The van der Waals surface area contributed by atoms with Gasteiger partial charge in [-0.25, -0.2) is 14.5 Å². The number of ether oxygens (including phenoxy) is 2. The third-order valence-corrected chi connectivity index (χ3v) is 3.62. The second-order valence-electron chi connectivity index (χ2n) is 5.00. The molecule has 0 saturated carbocycles. The van der Waals surface area contributed by atoms with E-state index in [-0.39, 0.29) is 34.8 Å². The third-order valence-electron chi connectivity index (χ3n) is 3.62. The second-order valence-corrected chi connectivity index (χ2v) is 5.00. The molecule has 0 spiro atoms. The highest BCUT2D eigenvalue weighted by Gasteiger charge is 2.44. The zero-order valence-electron chi connectivity index (χ0n) is 13.4. The van der Waals surface area contributed by atoms with Gasteiger partial charge in [-0.3, -0.25) is 14.7 Å². The van der Waals surface area contributed by atoms with Gasteiger partial charge in [0.05, 0.1) is 25.0 Å². The highest BCUT2D eigenvalue weighted by atomic mass is 16.5. The fraction of sp³-hybridized carbons (Fsp3) is 0.188. The van der Waals surface area contributed by atoms with Crippen LogP contribution in [0.2, 0.25) is 0 Å². The number of benzene rings is 1. The molecule has 9 nitrogen and oxygen atoms in total. The van der Waals surface area contributed by atoms with Crippen molar-refractivity contribution in [2.45, 2.75) is 6.92 Å². The molecule has 1 aliphatic rings. The number of hydrogen-bond donors (Lipinski definition) is 1. The molecule has 1 aromatic heterocycles. The van der Waals surface area contributed by atoms with Crippen LogP contribution >= 0.6 is 0 Å². The Morgan fingerprint density at radius 3 is 2.56 bits per heavy atom. The first-order chi connectivity index (χ1) is 12.0. The fourth-order valence-electron chi connectivity index (χ4n) is 2.54. The van der Waals surface area contributed by atoms with Gasteiger partial charge in [-0.1, -0.05) is 12.1 Å². The number of para-hydroxylation sites is 1. The quantitative estimate of drug-likeness (QED) is 0.654. The first kappa shape index (κ1) is 16.4. The van der Waals surface area contributed by atoms with E-state index in [0.29, 0.717) is 0 Å². The topological polar surface area (TPSA) is 119 Å². The van der Waals surface area contributed by atoms with Crippen molar-refractivity contribution in [2.75, 3.05) is 18.6 Å². The number of amides is 2. The van der Waals surface area contributed by atoms with Crippen molar-refractivity contribution in [1.29, 1.82) is 0 Å². The molecule has 0 aliphatic carbocycles. The van der Waals surface area contributed by atoms with Gasteiger partial charge in [-0.05, 0) is 19.1 Å². The number of carbonyl (C=O) groups excluding carboxylic acids is 4. The molecule has 2 heterocycles. The van der Waals surface area contributed by atoms with Crippen molar-refractivity contribution in [2.24, 2.45) is 0 Å². The van der Waals surface area contributed by atoms with Gasteiger partial charge in [0.1, 0.15) is 5.56 Å². The van der Waals surface area contributed by atoms with Gasteiger partial charge in [0, 0.05) is 0 Å². The van der Waals surface area contributed by atoms with Crippen molar-refractivity contribution in [1.82, 2.24) is 10.2 Å². The number of imide groups is 1. The van der Waals surface area contributed by atoms with Crippen LogP contribution in [0.1, 0.15) is 48.6 Å². The standard InChI is InChI=1S/C16H13N3O6/c1-3-25-16(23)12-10-11(17-18-12)14(21)19(13(10)20)9-7-5-4-6-8(9)15(22)24-2/h4-7H,3H2,1-2H3,(H,17,18). The molecule has 3 rings (SSSR count). The number of nitrogens with zero attached hydrogens (tertiary/aromatic N) is 2. The van der Waals surface area contributed by atoms with E-state index in [9.17, 15) is 19.2 Å². The lowest BCUT2D eigenvalue weighted by Crippen LogP contribution is -2.32. The number of fused-ring (bicyclic) bond motifs is 1. The van der Waals surface area contributed by atoms with Crippen LogP contribution in [-0.2, 0) is 9.47 Å². The van der Waals surface area contributed by atoms with Gasteiger partial charge in [0.15, 0.2) is 11.4 Å². The summed E-state index contributed by atoms with van der Waals surface area (Å²) in [5.41, 5.74) is -0.486. The van der Waals surface area contributed by atoms with E-state index >= 15 is 0 Å². The maximum atomic E-state index is 12.7. The molecule has 128 valence electrons. The summed E-state index contributed by atoms with van der Waals surface area (Å²) in [6, 6.07) is 6.00. The summed E-state index contributed by atoms with van der Waals surface area (Å²) >= 11 is 0. The number of aromatic amines is 1. The zero-order valence-corrected chi connectivity index (χ0v) is 13.4. The van der Waals surface area contributed by atoms with Gasteiger partial charge in [0.2, 0.25) is 0 Å². The van der Waals surface area contributed by atoms with Crippen LogP contribution in [0.3, 0.4) is 0 Å². The van der Waals surface area contributed by atoms with Crippen molar-refractivity contribution in [3.8, 4) is 0 Å². The van der Waals surface area contributed by atoms with E-state index in [1.54, 1.807) is 19.1 Å². The average molecular weight is 343 g/mol. The van der Waals surface area contributed by atoms with Crippen LogP contribution in [0.25, 0.3) is 0 Å². The minimum absolute atomic E-state index is 0.0403. The minimum atomic E-state index is -0.791. The highest BCUT2D eigenvalue weighted by Crippen LogP contribution is 2.31. The Hall–Kier alpha value is -3.49. The van der Waals surface area contributed by atoms with Crippen LogP contribution < -0.4 is 4.90 Å². The average Bonchev–Trinajstić information content (AvgIpc) is 3.15. The summed E-state index contributed by atoms with van der Waals surface area (Å²) in [5.74, 6) is -3.01. The minimum Gasteiger partial charge on any atom is -0.465 e. The number of aromatic nitrogens is 2. The summed E-state index contributed by atoms with van der Waals surface area (Å²) < 4.78 is 9.52. The molecule has 2 amide bonds. The Morgan fingerprint density at radius 2 is 1.88 bits per heavy atom. The normalized spacial score (nSPS) is 13.0. The largest absolute Gasteiger partial charge is 0.465 e. The first-order valence-corrected chi connectivity index (χ1v) is 7.32. The summed E-state index contributed by atoms with van der Waals surface area (Å²) in [6.07, 6.45) is 0. The lowest BCUT2D eigenvalue weighted by atomic mass is 10.1. The Labute approximate surface area is 141 Å². The molecule has 0 bridgehead atoms. The Kier molecular flexibility index (Phi) is 4.05. The molecule has 9 heteroatoms. The van der Waals surface area contributed by atoms with E-state index in [1.165, 1.54) is 19.2 Å². The molecule has 0 fully saturated rings. The number of H-pyrrole nitrogens is 1. The van der Waals surface area contributed by atoms with Crippen molar-refractivity contribution < 1.29 is 28.7 Å². The maximum Gasteiger partial charge on any atom is 0.357 e. The Morgan fingerprint density at radius 1 is 1.16 bits per heavy atom. The van der Waals surface area contributed by atoms with Gasteiger partial charge in [-0.15, -0.1) is 0 Å². The van der Waals surface area contributed by atoms with Crippen LogP contribution in [0.15, 0.2) is 24.3 Å². The van der Waals surface area contributed by atoms with E-state index < -0.39 is 23.8 Å². The van der Waals surface area contributed by atoms with Gasteiger partial charge in [-0.2, -0.15) is 5.10 Å². The summed E-state index contributed by atoms with van der Waals surface area (Å²) in [5, 5.41) is 6.11. The zero-order chi connectivity index (χ0) is 18.1. The number of hydrogen-bond acceptors (Lipinski definition) is 7. The van der Waals surface area contributed by atoms with Crippen molar-refractivity contribution in [3.63, 3.8) is 0 Å². The number of nitrogens with one attached hydrogen (secondary N) is 1. The monoisotopic (exact) mass is 343 g/mol. The highest BCUT2D eigenvalue weighted by molar-refractivity contribution is 6.36. The van der Waals surface area contributed by atoms with Crippen LogP contribution in [0.5, 0.6) is 0 Å². The van der Waals surface area contributed by atoms with Gasteiger partial charge >= 0.3 is 11.9 Å². The first-order valence-electron chi connectivity index (χ1n) is 7.32. The van der Waals surface area contributed by atoms with E-state index in [4.69, 9.17) is 4.74 Å². The number of anilines is 1. The van der Waals surface area contributed by atoms with Gasteiger partial charge < -0.3 is 9.47 Å². The fourth-order valence-corrected chi connectivity index (χ4v) is 2.54. The van der Waals surface area contributed by atoms with E-state index in [2.05, 4.69) is 14.9 Å². The number of esters is 2. The van der Waals surface area contributed by atoms with Crippen molar-refractivity contribution in [3.05, 3.63) is 46.8 Å². The predicted molar refractivity (Wildman–Crippen MR) is 83.5 cm³/mol. The van der Waals surface area contributed by atoms with Crippen LogP contribution in [-0.4, -0.2) is 47.7 Å². The number of carbonyl (C=O) groups is 4. The molecule has 2 aromatic rings. The molecule has 0 saturated heterocycles. The third kappa shape index (κ3) is 2.45. The molecule has 1 aromatic carbocycles. The molecular formula is C16H13N3O6. The lowest BCUT2D eigenvalue weighted by Gasteiger charge is -2.17. The SMILES string of the molecule is CCOC(=O)c1[nH]nc2c1C(=O)N(c1ccccc1C(=O)OC)C2=O.